The molecule has 118 valence electrons. The third kappa shape index (κ3) is 6.25. The van der Waals surface area contributed by atoms with Crippen LogP contribution in [-0.2, 0) is 0 Å². The van der Waals surface area contributed by atoms with Gasteiger partial charge < -0.3 is 15.2 Å². The lowest BCUT2D eigenvalue weighted by Gasteiger charge is -2.26. The molecule has 1 unspecified atom stereocenters. The molecule has 0 aliphatic heterocycles. The van der Waals surface area contributed by atoms with Gasteiger partial charge in [-0.25, -0.2) is 0 Å². The van der Waals surface area contributed by atoms with Gasteiger partial charge in [0.2, 0.25) is 0 Å². The van der Waals surface area contributed by atoms with Gasteiger partial charge in [0, 0.05) is 11.6 Å². The van der Waals surface area contributed by atoms with Gasteiger partial charge in [-0.1, -0.05) is 31.4 Å². The normalized spacial score (nSPS) is 23.8. The molecule has 21 heavy (non-hydrogen) atoms. The molecule has 2 N–H and O–H groups in total. The maximum absolute atomic E-state index is 9.92. The van der Waals surface area contributed by atoms with E-state index in [0.717, 1.165) is 24.1 Å². The molecule has 0 radical (unpaired) electrons. The monoisotopic (exact) mass is 311 g/mol. The minimum atomic E-state index is -0.483. The van der Waals surface area contributed by atoms with Crippen LogP contribution < -0.4 is 10.1 Å². The molecule has 0 aromatic heterocycles. The summed E-state index contributed by atoms with van der Waals surface area (Å²) in [6.45, 7) is 4.22. The first-order valence-electron chi connectivity index (χ1n) is 7.90. The first-order valence-corrected chi connectivity index (χ1v) is 8.28. The topological polar surface area (TPSA) is 41.5 Å². The Morgan fingerprint density at radius 2 is 1.90 bits per heavy atom. The second-order valence-electron chi connectivity index (χ2n) is 6.20. The molecule has 1 atom stereocenters. The first kappa shape index (κ1) is 16.6. The van der Waals surface area contributed by atoms with E-state index >= 15 is 0 Å². The Kier molecular flexibility index (Phi) is 6.81. The predicted molar refractivity (Wildman–Crippen MR) is 86.9 cm³/mol. The first-order chi connectivity index (χ1) is 10.1. The van der Waals surface area contributed by atoms with E-state index < -0.39 is 6.10 Å². The Labute approximate surface area is 132 Å². The summed E-state index contributed by atoms with van der Waals surface area (Å²) in [6, 6.07) is 7.19. The van der Waals surface area contributed by atoms with Crippen molar-refractivity contribution in [3.8, 4) is 5.75 Å². The van der Waals surface area contributed by atoms with Gasteiger partial charge in [0.25, 0.3) is 0 Å². The van der Waals surface area contributed by atoms with Crippen molar-refractivity contribution < 1.29 is 9.84 Å². The summed E-state index contributed by atoms with van der Waals surface area (Å²) in [7, 11) is 0. The molecule has 1 aromatic carbocycles. The molecule has 0 saturated heterocycles. The number of ether oxygens (including phenoxy) is 1. The molecular formula is C17H26ClNO2. The maximum Gasteiger partial charge on any atom is 0.119 e. The Bertz CT molecular complexity index is 402. The molecule has 0 spiro atoms. The van der Waals surface area contributed by atoms with Crippen LogP contribution in [0.4, 0.5) is 0 Å². The minimum Gasteiger partial charge on any atom is -0.491 e. The second kappa shape index (κ2) is 8.62. The average molecular weight is 312 g/mol. The predicted octanol–water partition coefficient (Wildman–Crippen LogP) is 3.50. The van der Waals surface area contributed by atoms with E-state index in [1.54, 1.807) is 12.1 Å². The molecule has 3 nitrogen and oxygen atoms in total. The molecule has 0 heterocycles. The van der Waals surface area contributed by atoms with Crippen LogP contribution in [-0.4, -0.2) is 30.9 Å². The van der Waals surface area contributed by atoms with Crippen molar-refractivity contribution in [1.82, 2.24) is 5.32 Å². The number of aliphatic hydroxyl groups is 1. The van der Waals surface area contributed by atoms with Gasteiger partial charge >= 0.3 is 0 Å². The lowest BCUT2D eigenvalue weighted by atomic mass is 9.83. The smallest absolute Gasteiger partial charge is 0.119 e. The minimum absolute atomic E-state index is 0.302. The number of halogens is 1. The van der Waals surface area contributed by atoms with Gasteiger partial charge in [-0.15, -0.1) is 0 Å². The summed E-state index contributed by atoms with van der Waals surface area (Å²) >= 11 is 5.81. The van der Waals surface area contributed by atoms with Crippen LogP contribution in [0.3, 0.4) is 0 Å². The van der Waals surface area contributed by atoms with Gasteiger partial charge in [0.1, 0.15) is 18.5 Å². The summed E-state index contributed by atoms with van der Waals surface area (Å²) in [5.74, 6) is 2.39. The molecule has 0 amide bonds. The third-order valence-electron chi connectivity index (χ3n) is 4.20. The van der Waals surface area contributed by atoms with E-state index in [0.29, 0.717) is 18.2 Å². The molecule has 2 rings (SSSR count). The van der Waals surface area contributed by atoms with Crippen molar-refractivity contribution in [2.24, 2.45) is 11.8 Å². The van der Waals surface area contributed by atoms with Gasteiger partial charge in [0.05, 0.1) is 0 Å². The fraction of sp³-hybridized carbons (Fsp3) is 0.647. The molecule has 1 saturated carbocycles. The van der Waals surface area contributed by atoms with Crippen LogP contribution in [0.5, 0.6) is 5.75 Å². The molecule has 1 aromatic rings. The highest BCUT2D eigenvalue weighted by atomic mass is 35.5. The fourth-order valence-corrected chi connectivity index (χ4v) is 2.90. The third-order valence-corrected chi connectivity index (χ3v) is 4.46. The molecule has 4 heteroatoms. The molecule has 1 aliphatic carbocycles. The van der Waals surface area contributed by atoms with Crippen LogP contribution in [0.15, 0.2) is 24.3 Å². The van der Waals surface area contributed by atoms with Crippen molar-refractivity contribution in [1.29, 1.82) is 0 Å². The number of hydrogen-bond acceptors (Lipinski definition) is 3. The summed E-state index contributed by atoms with van der Waals surface area (Å²) in [5, 5.41) is 14.0. The SMILES string of the molecule is CC1CCC(CNCC(O)COc2ccc(Cl)cc2)CC1. The standard InChI is InChI=1S/C17H26ClNO2/c1-13-2-4-14(5-3-13)10-19-11-16(20)12-21-17-8-6-15(18)7-9-17/h6-9,13-14,16,19-20H,2-5,10-12H2,1H3. The van der Waals surface area contributed by atoms with Crippen LogP contribution in [0.2, 0.25) is 5.02 Å². The van der Waals surface area contributed by atoms with Crippen molar-refractivity contribution >= 4 is 11.6 Å². The zero-order chi connectivity index (χ0) is 15.1. The lowest BCUT2D eigenvalue weighted by Crippen LogP contribution is -2.35. The second-order valence-corrected chi connectivity index (χ2v) is 6.64. The van der Waals surface area contributed by atoms with E-state index in [-0.39, 0.29) is 0 Å². The van der Waals surface area contributed by atoms with Crippen molar-refractivity contribution in [3.05, 3.63) is 29.3 Å². The zero-order valence-corrected chi connectivity index (χ0v) is 13.5. The van der Waals surface area contributed by atoms with Crippen molar-refractivity contribution in [3.63, 3.8) is 0 Å². The molecular weight excluding hydrogens is 286 g/mol. The van der Waals surface area contributed by atoms with Gasteiger partial charge in [0.15, 0.2) is 0 Å². The zero-order valence-electron chi connectivity index (χ0n) is 12.7. The largest absolute Gasteiger partial charge is 0.491 e. The van der Waals surface area contributed by atoms with E-state index in [1.807, 2.05) is 12.1 Å². The van der Waals surface area contributed by atoms with Gasteiger partial charge in [-0.05, 0) is 55.5 Å². The number of hydrogen-bond donors (Lipinski definition) is 2. The Morgan fingerprint density at radius 3 is 2.57 bits per heavy atom. The highest BCUT2D eigenvalue weighted by Gasteiger charge is 2.18. The summed E-state index contributed by atoms with van der Waals surface area (Å²) in [4.78, 5) is 0. The summed E-state index contributed by atoms with van der Waals surface area (Å²) in [6.07, 6.45) is 4.82. The number of aliphatic hydroxyl groups excluding tert-OH is 1. The maximum atomic E-state index is 9.92. The Balaban J connectivity index is 1.57. The number of nitrogens with one attached hydrogen (secondary N) is 1. The summed E-state index contributed by atoms with van der Waals surface area (Å²) < 4.78 is 5.53. The van der Waals surface area contributed by atoms with Gasteiger partial charge in [-0.2, -0.15) is 0 Å². The molecule has 0 bridgehead atoms. The number of benzene rings is 1. The van der Waals surface area contributed by atoms with Crippen molar-refractivity contribution in [2.45, 2.75) is 38.7 Å². The quantitative estimate of drug-likeness (QED) is 0.810. The lowest BCUT2D eigenvalue weighted by molar-refractivity contribution is 0.104. The Morgan fingerprint density at radius 1 is 1.24 bits per heavy atom. The number of rotatable bonds is 7. The highest BCUT2D eigenvalue weighted by molar-refractivity contribution is 6.30. The van der Waals surface area contributed by atoms with Crippen LogP contribution >= 0.6 is 11.6 Å². The Hall–Kier alpha value is -0.770. The van der Waals surface area contributed by atoms with E-state index in [1.165, 1.54) is 25.7 Å². The fourth-order valence-electron chi connectivity index (χ4n) is 2.77. The van der Waals surface area contributed by atoms with E-state index in [4.69, 9.17) is 16.3 Å². The van der Waals surface area contributed by atoms with E-state index in [9.17, 15) is 5.11 Å². The summed E-state index contributed by atoms with van der Waals surface area (Å²) in [5.41, 5.74) is 0. The van der Waals surface area contributed by atoms with Gasteiger partial charge in [-0.3, -0.25) is 0 Å². The molecule has 1 fully saturated rings. The highest BCUT2D eigenvalue weighted by Crippen LogP contribution is 2.27. The van der Waals surface area contributed by atoms with Crippen LogP contribution in [0.1, 0.15) is 32.6 Å². The average Bonchev–Trinajstić information content (AvgIpc) is 2.49. The molecule has 1 aliphatic rings. The van der Waals surface area contributed by atoms with Crippen molar-refractivity contribution in [2.75, 3.05) is 19.7 Å². The van der Waals surface area contributed by atoms with E-state index in [2.05, 4.69) is 12.2 Å². The van der Waals surface area contributed by atoms with Crippen LogP contribution in [0, 0.1) is 11.8 Å². The van der Waals surface area contributed by atoms with Crippen LogP contribution in [0.25, 0.3) is 0 Å².